The average Bonchev–Trinajstić information content (AvgIpc) is 2.63. The summed E-state index contributed by atoms with van der Waals surface area (Å²) in [6.07, 6.45) is 0. The fourth-order valence-electron chi connectivity index (χ4n) is 2.82. The summed E-state index contributed by atoms with van der Waals surface area (Å²) in [5.41, 5.74) is 3.11. The Bertz CT molecular complexity index is 739. The summed E-state index contributed by atoms with van der Waals surface area (Å²) >= 11 is 0. The normalized spacial score (nSPS) is 11.5. The summed E-state index contributed by atoms with van der Waals surface area (Å²) < 4.78 is 5.69. The minimum Gasteiger partial charge on any atom is -0.484 e. The number of hydrogen-bond donors (Lipinski definition) is 1. The molecule has 0 spiro atoms. The lowest BCUT2D eigenvalue weighted by Gasteiger charge is -2.28. The number of carbonyl (C=O) groups is 2. The van der Waals surface area contributed by atoms with Crippen molar-refractivity contribution in [2.75, 3.05) is 13.7 Å². The van der Waals surface area contributed by atoms with Gasteiger partial charge in [0, 0.05) is 13.6 Å². The topological polar surface area (TPSA) is 58.6 Å². The Kier molecular flexibility index (Phi) is 6.78. The van der Waals surface area contributed by atoms with Gasteiger partial charge in [-0.3, -0.25) is 9.59 Å². The van der Waals surface area contributed by atoms with Gasteiger partial charge in [0.15, 0.2) is 6.61 Å². The van der Waals surface area contributed by atoms with Crippen molar-refractivity contribution < 1.29 is 14.3 Å². The summed E-state index contributed by atoms with van der Waals surface area (Å²) in [6, 6.07) is 14.8. The maximum atomic E-state index is 12.8. The van der Waals surface area contributed by atoms with Gasteiger partial charge in [-0.15, -0.1) is 0 Å². The van der Waals surface area contributed by atoms with Crippen LogP contribution in [0.2, 0.25) is 0 Å². The second-order valence-electron chi connectivity index (χ2n) is 6.41. The molecule has 2 amide bonds. The van der Waals surface area contributed by atoms with Gasteiger partial charge in [0.05, 0.1) is 0 Å². The summed E-state index contributed by atoms with van der Waals surface area (Å²) in [5.74, 6) is 0.216. The standard InChI is InChI=1S/C21H26N2O3/c1-15-10-16(2)12-19(11-15)26-14-20(24)23(17(3)21(25)22-4)13-18-8-6-5-7-9-18/h5-12,17H,13-14H2,1-4H3,(H,22,25)/t17-/m1/s1. The quantitative estimate of drug-likeness (QED) is 0.832. The molecule has 0 radical (unpaired) electrons. The highest BCUT2D eigenvalue weighted by Gasteiger charge is 2.25. The average molecular weight is 354 g/mol. The van der Waals surface area contributed by atoms with Crippen LogP contribution in [0.3, 0.4) is 0 Å². The first-order valence-electron chi connectivity index (χ1n) is 8.66. The Balaban J connectivity index is 2.12. The van der Waals surface area contributed by atoms with Crippen LogP contribution in [0.15, 0.2) is 48.5 Å². The number of aryl methyl sites for hydroxylation is 2. The molecule has 5 nitrogen and oxygen atoms in total. The summed E-state index contributed by atoms with van der Waals surface area (Å²) in [5, 5.41) is 2.60. The Labute approximate surface area is 155 Å². The first-order valence-corrected chi connectivity index (χ1v) is 8.66. The third-order valence-corrected chi connectivity index (χ3v) is 4.17. The van der Waals surface area contributed by atoms with Gasteiger partial charge in [0.25, 0.3) is 5.91 Å². The van der Waals surface area contributed by atoms with Gasteiger partial charge in [-0.25, -0.2) is 0 Å². The van der Waals surface area contributed by atoms with Gasteiger partial charge in [-0.1, -0.05) is 36.4 Å². The molecule has 2 aromatic rings. The van der Waals surface area contributed by atoms with Gasteiger partial charge in [-0.05, 0) is 49.6 Å². The third kappa shape index (κ3) is 5.34. The molecule has 0 unspecified atom stereocenters. The van der Waals surface area contributed by atoms with Gasteiger partial charge < -0.3 is 15.0 Å². The molecule has 2 rings (SSSR count). The van der Waals surface area contributed by atoms with E-state index in [1.807, 2.05) is 62.4 Å². The van der Waals surface area contributed by atoms with Crippen LogP contribution in [0, 0.1) is 13.8 Å². The Morgan fingerprint density at radius 3 is 2.27 bits per heavy atom. The lowest BCUT2D eigenvalue weighted by atomic mass is 10.1. The van der Waals surface area contributed by atoms with E-state index in [9.17, 15) is 9.59 Å². The summed E-state index contributed by atoms with van der Waals surface area (Å²) in [6.45, 7) is 5.92. The van der Waals surface area contributed by atoms with E-state index in [0.29, 0.717) is 12.3 Å². The number of amides is 2. The molecule has 138 valence electrons. The number of benzene rings is 2. The number of ether oxygens (including phenoxy) is 1. The molecule has 0 aliphatic heterocycles. The molecule has 2 aromatic carbocycles. The molecule has 5 heteroatoms. The zero-order valence-corrected chi connectivity index (χ0v) is 15.8. The highest BCUT2D eigenvalue weighted by atomic mass is 16.5. The van der Waals surface area contributed by atoms with Crippen LogP contribution in [0.25, 0.3) is 0 Å². The molecule has 1 atom stereocenters. The molecular formula is C21H26N2O3. The van der Waals surface area contributed by atoms with E-state index in [4.69, 9.17) is 4.74 Å². The van der Waals surface area contributed by atoms with Crippen molar-refractivity contribution in [2.24, 2.45) is 0 Å². The number of carbonyl (C=O) groups excluding carboxylic acids is 2. The third-order valence-electron chi connectivity index (χ3n) is 4.17. The van der Waals surface area contributed by atoms with E-state index in [-0.39, 0.29) is 18.4 Å². The molecule has 0 bridgehead atoms. The molecule has 26 heavy (non-hydrogen) atoms. The zero-order valence-electron chi connectivity index (χ0n) is 15.8. The van der Waals surface area contributed by atoms with Crippen LogP contribution in [0.4, 0.5) is 0 Å². The smallest absolute Gasteiger partial charge is 0.261 e. The molecule has 0 aromatic heterocycles. The maximum Gasteiger partial charge on any atom is 0.261 e. The number of likely N-dealkylation sites (N-methyl/N-ethyl adjacent to an activating group) is 1. The highest BCUT2D eigenvalue weighted by molar-refractivity contribution is 5.87. The molecule has 0 saturated carbocycles. The SMILES string of the molecule is CNC(=O)[C@@H](C)N(Cc1ccccc1)C(=O)COc1cc(C)cc(C)c1. The lowest BCUT2D eigenvalue weighted by molar-refractivity contribution is -0.142. The minimum absolute atomic E-state index is 0.114. The first-order chi connectivity index (χ1) is 12.4. The monoisotopic (exact) mass is 354 g/mol. The van der Waals surface area contributed by atoms with Crippen molar-refractivity contribution >= 4 is 11.8 Å². The Morgan fingerprint density at radius 1 is 1.08 bits per heavy atom. The number of nitrogens with zero attached hydrogens (tertiary/aromatic N) is 1. The molecule has 0 aliphatic carbocycles. The highest BCUT2D eigenvalue weighted by Crippen LogP contribution is 2.17. The minimum atomic E-state index is -0.587. The molecule has 0 aliphatic rings. The number of rotatable bonds is 7. The van der Waals surface area contributed by atoms with Gasteiger partial charge in [0.2, 0.25) is 5.91 Å². The summed E-state index contributed by atoms with van der Waals surface area (Å²) in [4.78, 5) is 26.4. The lowest BCUT2D eigenvalue weighted by Crippen LogP contribution is -2.48. The van der Waals surface area contributed by atoms with E-state index in [2.05, 4.69) is 5.32 Å². The van der Waals surface area contributed by atoms with Crippen LogP contribution in [-0.2, 0) is 16.1 Å². The predicted octanol–water partition coefficient (Wildman–Crippen LogP) is 2.85. The van der Waals surface area contributed by atoms with E-state index >= 15 is 0 Å². The van der Waals surface area contributed by atoms with E-state index in [1.54, 1.807) is 14.0 Å². The first kappa shape index (κ1) is 19.5. The van der Waals surface area contributed by atoms with Crippen LogP contribution in [0.1, 0.15) is 23.6 Å². The van der Waals surface area contributed by atoms with Crippen molar-refractivity contribution in [2.45, 2.75) is 33.4 Å². The fourth-order valence-corrected chi connectivity index (χ4v) is 2.82. The Morgan fingerprint density at radius 2 is 1.69 bits per heavy atom. The summed E-state index contributed by atoms with van der Waals surface area (Å²) in [7, 11) is 1.57. The van der Waals surface area contributed by atoms with Crippen LogP contribution < -0.4 is 10.1 Å². The van der Waals surface area contributed by atoms with Crippen molar-refractivity contribution in [3.05, 3.63) is 65.2 Å². The molecular weight excluding hydrogens is 328 g/mol. The zero-order chi connectivity index (χ0) is 19.1. The largest absolute Gasteiger partial charge is 0.484 e. The second kappa shape index (κ2) is 9.04. The van der Waals surface area contributed by atoms with Crippen LogP contribution in [-0.4, -0.2) is 36.4 Å². The van der Waals surface area contributed by atoms with E-state index in [0.717, 1.165) is 16.7 Å². The van der Waals surface area contributed by atoms with Gasteiger partial charge >= 0.3 is 0 Å². The Hall–Kier alpha value is -2.82. The maximum absolute atomic E-state index is 12.8. The fraction of sp³-hybridized carbons (Fsp3) is 0.333. The number of nitrogens with one attached hydrogen (secondary N) is 1. The van der Waals surface area contributed by atoms with Gasteiger partial charge in [0.1, 0.15) is 11.8 Å². The molecule has 0 heterocycles. The molecule has 1 N–H and O–H groups in total. The molecule has 0 fully saturated rings. The molecule has 0 saturated heterocycles. The van der Waals surface area contributed by atoms with Crippen molar-refractivity contribution in [3.63, 3.8) is 0 Å². The van der Waals surface area contributed by atoms with Crippen molar-refractivity contribution in [1.82, 2.24) is 10.2 Å². The number of hydrogen-bond acceptors (Lipinski definition) is 3. The second-order valence-corrected chi connectivity index (χ2v) is 6.41. The van der Waals surface area contributed by atoms with Crippen molar-refractivity contribution in [3.8, 4) is 5.75 Å². The van der Waals surface area contributed by atoms with Crippen LogP contribution in [0.5, 0.6) is 5.75 Å². The predicted molar refractivity (Wildman–Crippen MR) is 102 cm³/mol. The van der Waals surface area contributed by atoms with Gasteiger partial charge in [-0.2, -0.15) is 0 Å². The van der Waals surface area contributed by atoms with E-state index in [1.165, 1.54) is 4.90 Å². The van der Waals surface area contributed by atoms with Crippen LogP contribution >= 0.6 is 0 Å². The van der Waals surface area contributed by atoms with E-state index < -0.39 is 6.04 Å². The van der Waals surface area contributed by atoms with Crippen molar-refractivity contribution in [1.29, 1.82) is 0 Å².